The van der Waals surface area contributed by atoms with Gasteiger partial charge in [0.2, 0.25) is 0 Å². The van der Waals surface area contributed by atoms with E-state index >= 15 is 0 Å². The predicted molar refractivity (Wildman–Crippen MR) is 57.9 cm³/mol. The van der Waals surface area contributed by atoms with Gasteiger partial charge in [0, 0.05) is 12.2 Å². The van der Waals surface area contributed by atoms with E-state index in [1.165, 1.54) is 0 Å². The van der Waals surface area contributed by atoms with Crippen molar-refractivity contribution in [3.8, 4) is 0 Å². The standard InChI is InChI=1S/C11H9N3O2/c15-10-8-6-14(7-4-2-1-3-5-7)11(16)9(8)12-13-10/h1-5,8H,6H2,(H,13,15). The lowest BCUT2D eigenvalue weighted by Crippen LogP contribution is -2.29. The third-order valence-corrected chi connectivity index (χ3v) is 2.83. The maximum Gasteiger partial charge on any atom is 0.275 e. The number of hydrogen-bond acceptors (Lipinski definition) is 3. The van der Waals surface area contributed by atoms with Gasteiger partial charge in [-0.1, -0.05) is 18.2 Å². The van der Waals surface area contributed by atoms with Gasteiger partial charge in [-0.2, -0.15) is 5.10 Å². The molecule has 5 nitrogen and oxygen atoms in total. The van der Waals surface area contributed by atoms with Crippen molar-refractivity contribution < 1.29 is 9.59 Å². The molecule has 1 saturated heterocycles. The second kappa shape index (κ2) is 3.16. The van der Waals surface area contributed by atoms with Crippen LogP contribution in [-0.2, 0) is 9.59 Å². The van der Waals surface area contributed by atoms with E-state index in [4.69, 9.17) is 0 Å². The van der Waals surface area contributed by atoms with E-state index in [2.05, 4.69) is 10.5 Å². The number of nitrogens with zero attached hydrogens (tertiary/aromatic N) is 2. The zero-order valence-electron chi connectivity index (χ0n) is 8.38. The van der Waals surface area contributed by atoms with E-state index in [1.807, 2.05) is 30.3 Å². The Labute approximate surface area is 91.7 Å². The molecule has 0 saturated carbocycles. The second-order valence-electron chi connectivity index (χ2n) is 3.78. The zero-order chi connectivity index (χ0) is 11.1. The molecule has 2 heterocycles. The van der Waals surface area contributed by atoms with Crippen molar-refractivity contribution >= 4 is 23.2 Å². The van der Waals surface area contributed by atoms with Gasteiger partial charge in [-0.15, -0.1) is 0 Å². The monoisotopic (exact) mass is 215 g/mol. The lowest BCUT2D eigenvalue weighted by molar-refractivity contribution is -0.121. The van der Waals surface area contributed by atoms with Crippen molar-refractivity contribution in [2.45, 2.75) is 0 Å². The molecular formula is C11H9N3O2. The Morgan fingerprint density at radius 3 is 2.69 bits per heavy atom. The number of rotatable bonds is 1. The number of nitrogens with one attached hydrogen (secondary N) is 1. The first kappa shape index (κ1) is 9.08. The van der Waals surface area contributed by atoms with E-state index in [0.717, 1.165) is 5.69 Å². The summed E-state index contributed by atoms with van der Waals surface area (Å²) in [6, 6.07) is 9.29. The van der Waals surface area contributed by atoms with Crippen molar-refractivity contribution in [3.05, 3.63) is 30.3 Å². The number of hydrogen-bond donors (Lipinski definition) is 1. The largest absolute Gasteiger partial charge is 0.306 e. The summed E-state index contributed by atoms with van der Waals surface area (Å²) in [6.45, 7) is 0.382. The molecule has 0 spiro atoms. The summed E-state index contributed by atoms with van der Waals surface area (Å²) >= 11 is 0. The topological polar surface area (TPSA) is 61.8 Å². The van der Waals surface area contributed by atoms with Crippen LogP contribution in [0.3, 0.4) is 0 Å². The summed E-state index contributed by atoms with van der Waals surface area (Å²) in [5.74, 6) is -0.788. The van der Waals surface area contributed by atoms with Crippen LogP contribution in [0.25, 0.3) is 0 Å². The highest BCUT2D eigenvalue weighted by molar-refractivity contribution is 6.51. The lowest BCUT2D eigenvalue weighted by atomic mass is 10.1. The van der Waals surface area contributed by atoms with Crippen molar-refractivity contribution in [2.75, 3.05) is 11.4 Å². The fourth-order valence-corrected chi connectivity index (χ4v) is 2.00. The van der Waals surface area contributed by atoms with Crippen LogP contribution in [0.5, 0.6) is 0 Å². The molecule has 0 bridgehead atoms. The molecule has 2 aliphatic rings. The molecule has 2 aliphatic heterocycles. The third kappa shape index (κ3) is 1.14. The molecule has 0 radical (unpaired) electrons. The van der Waals surface area contributed by atoms with Gasteiger partial charge in [-0.25, -0.2) is 5.43 Å². The number of benzene rings is 1. The second-order valence-corrected chi connectivity index (χ2v) is 3.78. The Hall–Kier alpha value is -2.17. The van der Waals surface area contributed by atoms with E-state index < -0.39 is 5.92 Å². The quantitative estimate of drug-likeness (QED) is 0.724. The van der Waals surface area contributed by atoms with Crippen LogP contribution in [0.15, 0.2) is 35.4 Å². The Morgan fingerprint density at radius 2 is 2.00 bits per heavy atom. The van der Waals surface area contributed by atoms with E-state index in [1.54, 1.807) is 4.90 Å². The molecule has 16 heavy (non-hydrogen) atoms. The van der Waals surface area contributed by atoms with Gasteiger partial charge in [0.25, 0.3) is 11.8 Å². The van der Waals surface area contributed by atoms with E-state index in [0.29, 0.717) is 12.3 Å². The van der Waals surface area contributed by atoms with Crippen molar-refractivity contribution in [3.63, 3.8) is 0 Å². The molecule has 1 N–H and O–H groups in total. The molecular weight excluding hydrogens is 206 g/mol. The number of carbonyl (C=O) groups excluding carboxylic acids is 2. The molecule has 3 rings (SSSR count). The van der Waals surface area contributed by atoms with Crippen molar-refractivity contribution in [2.24, 2.45) is 11.0 Å². The predicted octanol–water partition coefficient (Wildman–Crippen LogP) is 0.135. The molecule has 1 fully saturated rings. The zero-order valence-corrected chi connectivity index (χ0v) is 8.38. The van der Waals surface area contributed by atoms with Gasteiger partial charge in [0.05, 0.1) is 0 Å². The van der Waals surface area contributed by atoms with Gasteiger partial charge < -0.3 is 4.90 Å². The van der Waals surface area contributed by atoms with Crippen molar-refractivity contribution in [1.82, 2.24) is 5.43 Å². The van der Waals surface area contributed by atoms with Crippen LogP contribution in [-0.4, -0.2) is 24.1 Å². The molecule has 0 aliphatic carbocycles. The Kier molecular flexibility index (Phi) is 1.80. The molecule has 0 aromatic heterocycles. The number of anilines is 1. The molecule has 2 amide bonds. The van der Waals surface area contributed by atoms with Crippen LogP contribution in [0.1, 0.15) is 0 Å². The van der Waals surface area contributed by atoms with E-state index in [-0.39, 0.29) is 11.8 Å². The minimum Gasteiger partial charge on any atom is -0.306 e. The average Bonchev–Trinajstić information content (AvgIpc) is 2.83. The first-order chi connectivity index (χ1) is 7.77. The highest BCUT2D eigenvalue weighted by Gasteiger charge is 2.45. The Bertz CT molecular complexity index is 495. The third-order valence-electron chi connectivity index (χ3n) is 2.83. The van der Waals surface area contributed by atoms with Gasteiger partial charge in [0.1, 0.15) is 11.6 Å². The first-order valence-electron chi connectivity index (χ1n) is 5.02. The summed E-state index contributed by atoms with van der Waals surface area (Å²) in [4.78, 5) is 24.9. The Morgan fingerprint density at radius 1 is 1.25 bits per heavy atom. The summed E-state index contributed by atoms with van der Waals surface area (Å²) in [7, 11) is 0. The average molecular weight is 215 g/mol. The normalized spacial score (nSPS) is 23.1. The molecule has 1 unspecified atom stereocenters. The van der Waals surface area contributed by atoms with Crippen molar-refractivity contribution in [1.29, 1.82) is 0 Å². The van der Waals surface area contributed by atoms with Gasteiger partial charge in [-0.3, -0.25) is 9.59 Å². The Balaban J connectivity index is 1.96. The fourth-order valence-electron chi connectivity index (χ4n) is 2.00. The number of fused-ring (bicyclic) bond motifs is 1. The molecule has 5 heteroatoms. The van der Waals surface area contributed by atoms with Crippen LogP contribution in [0, 0.1) is 5.92 Å². The highest BCUT2D eigenvalue weighted by atomic mass is 16.2. The smallest absolute Gasteiger partial charge is 0.275 e. The minimum atomic E-state index is -0.410. The van der Waals surface area contributed by atoms with Gasteiger partial charge in [-0.05, 0) is 12.1 Å². The van der Waals surface area contributed by atoms with Crippen LogP contribution >= 0.6 is 0 Å². The SMILES string of the molecule is O=C1NN=C2C(=O)N(c3ccccc3)CC12. The van der Waals surface area contributed by atoms with E-state index in [9.17, 15) is 9.59 Å². The minimum absolute atomic E-state index is 0.186. The molecule has 1 aromatic carbocycles. The number of para-hydroxylation sites is 1. The number of carbonyl (C=O) groups is 2. The summed E-state index contributed by atoms with van der Waals surface area (Å²) in [6.07, 6.45) is 0. The molecule has 1 aromatic rings. The summed E-state index contributed by atoms with van der Waals surface area (Å²) in [5, 5.41) is 3.76. The van der Waals surface area contributed by atoms with Crippen LogP contribution in [0.2, 0.25) is 0 Å². The van der Waals surface area contributed by atoms with Gasteiger partial charge in [0.15, 0.2) is 0 Å². The van der Waals surface area contributed by atoms with Crippen LogP contribution in [0.4, 0.5) is 5.69 Å². The molecule has 1 atom stereocenters. The van der Waals surface area contributed by atoms with Crippen LogP contribution < -0.4 is 10.3 Å². The molecule has 80 valence electrons. The van der Waals surface area contributed by atoms with Gasteiger partial charge >= 0.3 is 0 Å². The lowest BCUT2D eigenvalue weighted by Gasteiger charge is -2.15. The highest BCUT2D eigenvalue weighted by Crippen LogP contribution is 2.25. The number of amides is 2. The first-order valence-corrected chi connectivity index (χ1v) is 5.02. The maximum atomic E-state index is 11.9. The summed E-state index contributed by atoms with van der Waals surface area (Å²) < 4.78 is 0. The maximum absolute atomic E-state index is 11.9. The fraction of sp³-hybridized carbons (Fsp3) is 0.182. The summed E-state index contributed by atoms with van der Waals surface area (Å²) in [5.41, 5.74) is 3.46. The number of hydrazone groups is 1.